The van der Waals surface area contributed by atoms with Crippen molar-refractivity contribution in [3.63, 3.8) is 0 Å². The van der Waals surface area contributed by atoms with Gasteiger partial charge in [-0.25, -0.2) is 8.42 Å². The van der Waals surface area contributed by atoms with Crippen LogP contribution in [0.5, 0.6) is 0 Å². The van der Waals surface area contributed by atoms with Crippen LogP contribution in [-0.2, 0) is 35.5 Å². The third-order valence-electron chi connectivity index (χ3n) is 4.22. The first kappa shape index (κ1) is 22.3. The summed E-state index contributed by atoms with van der Waals surface area (Å²) < 4.78 is 36.7. The van der Waals surface area contributed by atoms with E-state index in [0.29, 0.717) is 45.2 Å². The summed E-state index contributed by atoms with van der Waals surface area (Å²) in [6.07, 6.45) is 0.525. The third kappa shape index (κ3) is 6.88. The largest absolute Gasteiger partial charge is 0.456 e. The number of hydrogen-bond donors (Lipinski definition) is 1. The zero-order chi connectivity index (χ0) is 20.6. The molecule has 0 radical (unpaired) electrons. The van der Waals surface area contributed by atoms with Crippen LogP contribution in [0.25, 0.3) is 0 Å². The number of rotatable bonds is 9. The predicted molar refractivity (Wildman–Crippen MR) is 103 cm³/mol. The number of morpholine rings is 1. The molecule has 1 fully saturated rings. The highest BCUT2D eigenvalue weighted by atomic mass is 32.2. The summed E-state index contributed by atoms with van der Waals surface area (Å²) in [7, 11) is -3.52. The fraction of sp³-hybridized carbons (Fsp3) is 0.579. The van der Waals surface area contributed by atoms with Crippen molar-refractivity contribution in [1.29, 1.82) is 0 Å². The summed E-state index contributed by atoms with van der Waals surface area (Å²) in [5.74, 6) is -0.459. The zero-order valence-electron chi connectivity index (χ0n) is 16.3. The molecule has 1 heterocycles. The normalized spacial score (nSPS) is 15.4. The maximum atomic E-state index is 12.6. The van der Waals surface area contributed by atoms with Crippen molar-refractivity contribution >= 4 is 21.9 Å². The van der Waals surface area contributed by atoms with E-state index < -0.39 is 16.0 Å². The lowest BCUT2D eigenvalue weighted by molar-refractivity contribution is -0.148. The monoisotopic (exact) mass is 412 g/mol. The molecule has 1 aliphatic heterocycles. The van der Waals surface area contributed by atoms with Gasteiger partial charge in [0.05, 0.1) is 18.1 Å². The van der Waals surface area contributed by atoms with Crippen LogP contribution in [0.1, 0.15) is 25.8 Å². The number of amides is 1. The van der Waals surface area contributed by atoms with Crippen LogP contribution in [0.15, 0.2) is 29.2 Å². The molecule has 0 saturated carbocycles. The Labute approximate surface area is 166 Å². The number of aryl methyl sites for hydroxylation is 1. The topological polar surface area (TPSA) is 102 Å². The highest BCUT2D eigenvalue weighted by Gasteiger charge is 2.26. The van der Waals surface area contributed by atoms with Crippen LogP contribution in [0.3, 0.4) is 0 Å². The zero-order valence-corrected chi connectivity index (χ0v) is 17.2. The van der Waals surface area contributed by atoms with Crippen molar-refractivity contribution in [3.05, 3.63) is 29.8 Å². The molecule has 0 aliphatic carbocycles. The molecule has 1 aromatic rings. The van der Waals surface area contributed by atoms with Gasteiger partial charge in [0.15, 0.2) is 6.61 Å². The molecule has 8 nitrogen and oxygen atoms in total. The molecule has 28 heavy (non-hydrogen) atoms. The number of carbonyl (C=O) groups is 2. The molecule has 0 bridgehead atoms. The quantitative estimate of drug-likeness (QED) is 0.606. The van der Waals surface area contributed by atoms with Crippen molar-refractivity contribution in [2.75, 3.05) is 39.5 Å². The lowest BCUT2D eigenvalue weighted by Crippen LogP contribution is -2.40. The predicted octanol–water partition coefficient (Wildman–Crippen LogP) is 0.956. The van der Waals surface area contributed by atoms with E-state index in [-0.39, 0.29) is 23.8 Å². The molecule has 0 aromatic heterocycles. The summed E-state index contributed by atoms with van der Waals surface area (Å²) in [6, 6.07) is 6.47. The first-order valence-corrected chi connectivity index (χ1v) is 10.8. The Morgan fingerprint density at radius 3 is 2.43 bits per heavy atom. The molecule has 0 spiro atoms. The molecule has 9 heteroatoms. The van der Waals surface area contributed by atoms with Crippen molar-refractivity contribution < 1.29 is 27.5 Å². The first-order valence-electron chi connectivity index (χ1n) is 9.38. The molecule has 0 unspecified atom stereocenters. The van der Waals surface area contributed by atoms with Crippen LogP contribution in [0, 0.1) is 5.92 Å². The minimum absolute atomic E-state index is 0.118. The van der Waals surface area contributed by atoms with Gasteiger partial charge in [-0.15, -0.1) is 0 Å². The van der Waals surface area contributed by atoms with Crippen LogP contribution in [-0.4, -0.2) is 64.1 Å². The second-order valence-electron chi connectivity index (χ2n) is 7.02. The Morgan fingerprint density at radius 1 is 1.18 bits per heavy atom. The molecule has 2 rings (SSSR count). The number of ether oxygens (including phenoxy) is 2. The molecular weight excluding hydrogens is 384 g/mol. The molecule has 1 aromatic carbocycles. The number of benzene rings is 1. The first-order chi connectivity index (χ1) is 13.3. The van der Waals surface area contributed by atoms with E-state index in [1.165, 1.54) is 4.31 Å². The highest BCUT2D eigenvalue weighted by Crippen LogP contribution is 2.18. The van der Waals surface area contributed by atoms with E-state index in [4.69, 9.17) is 9.47 Å². The standard InChI is InChI=1S/C19H28N2O6S/c1-15(2)13-20-18(22)14-27-19(23)8-5-16-3-6-17(7-4-16)28(24,25)21-9-11-26-12-10-21/h3-4,6-7,15H,5,8-14H2,1-2H3,(H,20,22). The van der Waals surface area contributed by atoms with Crippen molar-refractivity contribution in [1.82, 2.24) is 9.62 Å². The maximum absolute atomic E-state index is 12.6. The Kier molecular flexibility index (Phi) is 8.40. The average molecular weight is 413 g/mol. The Bertz CT molecular complexity index is 755. The molecule has 1 N–H and O–H groups in total. The molecule has 1 amide bonds. The van der Waals surface area contributed by atoms with Crippen molar-refractivity contribution in [3.8, 4) is 0 Å². The van der Waals surface area contributed by atoms with E-state index >= 15 is 0 Å². The summed E-state index contributed by atoms with van der Waals surface area (Å²) in [5, 5.41) is 2.67. The number of hydrogen-bond acceptors (Lipinski definition) is 6. The van der Waals surface area contributed by atoms with E-state index in [2.05, 4.69) is 5.32 Å². The van der Waals surface area contributed by atoms with Gasteiger partial charge in [-0.1, -0.05) is 26.0 Å². The maximum Gasteiger partial charge on any atom is 0.306 e. The van der Waals surface area contributed by atoms with Gasteiger partial charge < -0.3 is 14.8 Å². The molecule has 156 valence electrons. The number of esters is 1. The number of carbonyl (C=O) groups excluding carboxylic acids is 2. The minimum atomic E-state index is -3.52. The number of nitrogens with one attached hydrogen (secondary N) is 1. The third-order valence-corrected chi connectivity index (χ3v) is 6.13. The minimum Gasteiger partial charge on any atom is -0.456 e. The van der Waals surface area contributed by atoms with Gasteiger partial charge in [0, 0.05) is 26.1 Å². The van der Waals surface area contributed by atoms with Gasteiger partial charge in [-0.05, 0) is 30.0 Å². The van der Waals surface area contributed by atoms with Gasteiger partial charge in [-0.2, -0.15) is 4.31 Å². The Hall–Kier alpha value is -1.97. The molecule has 1 aliphatic rings. The average Bonchev–Trinajstić information content (AvgIpc) is 2.70. The SMILES string of the molecule is CC(C)CNC(=O)COC(=O)CCc1ccc(S(=O)(=O)N2CCOCC2)cc1. The van der Waals surface area contributed by atoms with Gasteiger partial charge in [0.1, 0.15) is 0 Å². The van der Waals surface area contributed by atoms with E-state index in [1.807, 2.05) is 13.8 Å². The van der Waals surface area contributed by atoms with E-state index in [1.54, 1.807) is 24.3 Å². The smallest absolute Gasteiger partial charge is 0.306 e. The van der Waals surface area contributed by atoms with Crippen LogP contribution >= 0.6 is 0 Å². The van der Waals surface area contributed by atoms with Gasteiger partial charge in [-0.3, -0.25) is 9.59 Å². The van der Waals surface area contributed by atoms with Crippen molar-refractivity contribution in [2.45, 2.75) is 31.6 Å². The van der Waals surface area contributed by atoms with Gasteiger partial charge in [0.2, 0.25) is 10.0 Å². The summed E-state index contributed by atoms with van der Waals surface area (Å²) in [6.45, 7) is 5.69. The van der Waals surface area contributed by atoms with Crippen LogP contribution in [0.2, 0.25) is 0 Å². The lowest BCUT2D eigenvalue weighted by atomic mass is 10.1. The van der Waals surface area contributed by atoms with Crippen LogP contribution in [0.4, 0.5) is 0 Å². The van der Waals surface area contributed by atoms with Gasteiger partial charge >= 0.3 is 5.97 Å². The highest BCUT2D eigenvalue weighted by molar-refractivity contribution is 7.89. The van der Waals surface area contributed by atoms with E-state index in [0.717, 1.165) is 5.56 Å². The molecular formula is C19H28N2O6S. The second kappa shape index (κ2) is 10.5. The molecule has 1 saturated heterocycles. The Balaban J connectivity index is 1.79. The number of sulfonamides is 1. The summed E-state index contributed by atoms with van der Waals surface area (Å²) in [5.41, 5.74) is 0.821. The second-order valence-corrected chi connectivity index (χ2v) is 8.96. The fourth-order valence-corrected chi connectivity index (χ4v) is 4.01. The number of nitrogens with zero attached hydrogens (tertiary/aromatic N) is 1. The van der Waals surface area contributed by atoms with E-state index in [9.17, 15) is 18.0 Å². The molecule has 0 atom stereocenters. The van der Waals surface area contributed by atoms with Crippen molar-refractivity contribution in [2.24, 2.45) is 5.92 Å². The summed E-state index contributed by atoms with van der Waals surface area (Å²) in [4.78, 5) is 23.5. The summed E-state index contributed by atoms with van der Waals surface area (Å²) >= 11 is 0. The van der Waals surface area contributed by atoms with Gasteiger partial charge in [0.25, 0.3) is 5.91 Å². The lowest BCUT2D eigenvalue weighted by Gasteiger charge is -2.26. The van der Waals surface area contributed by atoms with Crippen LogP contribution < -0.4 is 5.32 Å². The Morgan fingerprint density at radius 2 is 1.82 bits per heavy atom. The fourth-order valence-electron chi connectivity index (χ4n) is 2.60.